The molecule has 0 spiro atoms. The summed E-state index contributed by atoms with van der Waals surface area (Å²) in [5, 5.41) is 15.8. The van der Waals surface area contributed by atoms with Crippen LogP contribution < -0.4 is 5.32 Å². The maximum atomic E-state index is 13.6. The Labute approximate surface area is 137 Å². The van der Waals surface area contributed by atoms with Crippen LogP contribution in [0.5, 0.6) is 5.75 Å². The normalized spacial score (nSPS) is 10.9. The highest BCUT2D eigenvalue weighted by molar-refractivity contribution is 5.94. The third-order valence-corrected chi connectivity index (χ3v) is 3.93. The molecule has 0 atom stereocenters. The van der Waals surface area contributed by atoms with Crippen LogP contribution in [0.2, 0.25) is 0 Å². The Morgan fingerprint density at radius 1 is 1.29 bits per heavy atom. The summed E-state index contributed by atoms with van der Waals surface area (Å²) in [6, 6.07) is 0.426. The minimum absolute atomic E-state index is 0.214. The van der Waals surface area contributed by atoms with E-state index in [2.05, 4.69) is 10.4 Å². The minimum atomic E-state index is -1.72. The van der Waals surface area contributed by atoms with E-state index >= 15 is 0 Å². The van der Waals surface area contributed by atoms with E-state index in [1.165, 1.54) is 0 Å². The predicted molar refractivity (Wildman–Crippen MR) is 81.3 cm³/mol. The number of carbonyl (C=O) groups excluding carboxylic acids is 1. The number of phenols is 1. The van der Waals surface area contributed by atoms with Crippen molar-refractivity contribution in [2.75, 3.05) is 6.54 Å². The van der Waals surface area contributed by atoms with Gasteiger partial charge in [0.25, 0.3) is 5.91 Å². The second-order valence-corrected chi connectivity index (χ2v) is 5.51. The summed E-state index contributed by atoms with van der Waals surface area (Å²) in [4.78, 5) is 11.9. The summed E-state index contributed by atoms with van der Waals surface area (Å²) >= 11 is 0. The maximum absolute atomic E-state index is 13.6. The number of phenolic OH excluding ortho intramolecular Hbond substituents is 1. The van der Waals surface area contributed by atoms with Crippen LogP contribution in [0.25, 0.3) is 0 Å². The molecule has 0 aliphatic heterocycles. The fourth-order valence-corrected chi connectivity index (χ4v) is 2.50. The minimum Gasteiger partial charge on any atom is -0.503 e. The lowest BCUT2D eigenvalue weighted by atomic mass is 10.1. The van der Waals surface area contributed by atoms with Gasteiger partial charge in [0, 0.05) is 19.3 Å². The highest BCUT2D eigenvalue weighted by atomic mass is 19.2. The number of benzene rings is 1. The molecule has 2 rings (SSSR count). The Morgan fingerprint density at radius 2 is 1.96 bits per heavy atom. The average molecular weight is 341 g/mol. The second-order valence-electron chi connectivity index (χ2n) is 5.51. The summed E-state index contributed by atoms with van der Waals surface area (Å²) in [7, 11) is 1.84. The van der Waals surface area contributed by atoms with Crippen molar-refractivity contribution < 1.29 is 23.1 Å². The zero-order valence-electron chi connectivity index (χ0n) is 13.6. The zero-order valence-corrected chi connectivity index (χ0v) is 13.6. The first-order valence-corrected chi connectivity index (χ1v) is 7.37. The monoisotopic (exact) mass is 341 g/mol. The molecule has 0 aliphatic rings. The molecule has 24 heavy (non-hydrogen) atoms. The molecule has 0 saturated carbocycles. The Kier molecular flexibility index (Phi) is 5.16. The summed E-state index contributed by atoms with van der Waals surface area (Å²) in [5.41, 5.74) is 2.26. The van der Waals surface area contributed by atoms with Crippen LogP contribution in [0.3, 0.4) is 0 Å². The Bertz CT molecular complexity index is 788. The lowest BCUT2D eigenvalue weighted by Gasteiger charge is -2.08. The second kappa shape index (κ2) is 6.94. The van der Waals surface area contributed by atoms with Crippen LogP contribution in [0, 0.1) is 31.3 Å². The molecule has 2 aromatic rings. The zero-order chi connectivity index (χ0) is 18.0. The van der Waals surface area contributed by atoms with Gasteiger partial charge in [0.1, 0.15) is 0 Å². The van der Waals surface area contributed by atoms with Gasteiger partial charge in [0.2, 0.25) is 5.82 Å². The first-order chi connectivity index (χ1) is 11.2. The number of hydrogen-bond donors (Lipinski definition) is 2. The highest BCUT2D eigenvalue weighted by Gasteiger charge is 2.22. The number of halogens is 3. The fraction of sp³-hybridized carbons (Fsp3) is 0.375. The number of nitrogens with zero attached hydrogens (tertiary/aromatic N) is 2. The number of rotatable bonds is 5. The van der Waals surface area contributed by atoms with Crippen LogP contribution in [-0.2, 0) is 13.5 Å². The summed E-state index contributed by atoms with van der Waals surface area (Å²) in [6.07, 6.45) is 1.23. The lowest BCUT2D eigenvalue weighted by molar-refractivity contribution is 0.0947. The largest absolute Gasteiger partial charge is 0.503 e. The van der Waals surface area contributed by atoms with E-state index in [0.717, 1.165) is 17.0 Å². The molecule has 1 aromatic heterocycles. The van der Waals surface area contributed by atoms with Crippen molar-refractivity contribution in [3.63, 3.8) is 0 Å². The molecular weight excluding hydrogens is 323 g/mol. The van der Waals surface area contributed by atoms with Crippen molar-refractivity contribution in [2.45, 2.75) is 26.7 Å². The molecule has 0 fully saturated rings. The number of aromatic hydroxyl groups is 1. The number of carbonyl (C=O) groups is 1. The predicted octanol–water partition coefficient (Wildman–Crippen LogP) is 2.52. The molecule has 130 valence electrons. The van der Waals surface area contributed by atoms with Gasteiger partial charge in [-0.2, -0.15) is 9.49 Å². The van der Waals surface area contributed by atoms with Gasteiger partial charge in [-0.3, -0.25) is 9.48 Å². The van der Waals surface area contributed by atoms with Crippen LogP contribution in [0.4, 0.5) is 13.2 Å². The molecule has 0 saturated heterocycles. The fourth-order valence-electron chi connectivity index (χ4n) is 2.50. The smallest absolute Gasteiger partial charge is 0.254 e. The standard InChI is InChI=1S/C16H18F3N3O2/c1-8-10(9(2)22(3)21-8)5-4-6-20-16(24)11-7-12(17)14(19)15(23)13(11)18/h7,23H,4-6H2,1-3H3,(H,20,24). The molecule has 8 heteroatoms. The van der Waals surface area contributed by atoms with Gasteiger partial charge in [-0.25, -0.2) is 8.78 Å². The molecule has 2 N–H and O–H groups in total. The SMILES string of the molecule is Cc1nn(C)c(C)c1CCCNC(=O)c1cc(F)c(F)c(O)c1F. The van der Waals surface area contributed by atoms with Gasteiger partial charge in [0.05, 0.1) is 11.3 Å². The Morgan fingerprint density at radius 3 is 2.54 bits per heavy atom. The summed E-state index contributed by atoms with van der Waals surface area (Å²) in [6.45, 7) is 4.04. The molecule has 0 bridgehead atoms. The van der Waals surface area contributed by atoms with Crippen molar-refractivity contribution in [1.82, 2.24) is 15.1 Å². The highest BCUT2D eigenvalue weighted by Crippen LogP contribution is 2.25. The lowest BCUT2D eigenvalue weighted by Crippen LogP contribution is -2.26. The van der Waals surface area contributed by atoms with E-state index in [1.807, 2.05) is 20.9 Å². The maximum Gasteiger partial charge on any atom is 0.254 e. The molecule has 0 aliphatic carbocycles. The van der Waals surface area contributed by atoms with Crippen molar-refractivity contribution in [3.05, 3.63) is 46.0 Å². The van der Waals surface area contributed by atoms with Gasteiger partial charge in [0.15, 0.2) is 17.4 Å². The molecule has 1 heterocycles. The van der Waals surface area contributed by atoms with Crippen molar-refractivity contribution in [2.24, 2.45) is 7.05 Å². The molecular formula is C16H18F3N3O2. The van der Waals surface area contributed by atoms with Gasteiger partial charge in [-0.05, 0) is 38.3 Å². The third-order valence-electron chi connectivity index (χ3n) is 3.93. The number of aryl methyl sites for hydroxylation is 2. The number of hydrogen-bond acceptors (Lipinski definition) is 3. The van der Waals surface area contributed by atoms with E-state index in [-0.39, 0.29) is 6.54 Å². The van der Waals surface area contributed by atoms with Crippen molar-refractivity contribution in [3.8, 4) is 5.75 Å². The van der Waals surface area contributed by atoms with Crippen molar-refractivity contribution >= 4 is 5.91 Å². The van der Waals surface area contributed by atoms with Gasteiger partial charge >= 0.3 is 0 Å². The Hall–Kier alpha value is -2.51. The van der Waals surface area contributed by atoms with E-state index < -0.39 is 34.7 Å². The van der Waals surface area contributed by atoms with Crippen molar-refractivity contribution in [1.29, 1.82) is 0 Å². The summed E-state index contributed by atoms with van der Waals surface area (Å²) < 4.78 is 41.6. The van der Waals surface area contributed by atoms with E-state index in [1.54, 1.807) is 4.68 Å². The number of aromatic nitrogens is 2. The quantitative estimate of drug-likeness (QED) is 0.649. The molecule has 1 amide bonds. The Balaban J connectivity index is 1.97. The molecule has 0 radical (unpaired) electrons. The van der Waals surface area contributed by atoms with Crippen LogP contribution in [0.15, 0.2) is 6.07 Å². The van der Waals surface area contributed by atoms with E-state index in [4.69, 9.17) is 5.11 Å². The first-order valence-electron chi connectivity index (χ1n) is 7.37. The topological polar surface area (TPSA) is 67.2 Å². The van der Waals surface area contributed by atoms with Gasteiger partial charge in [-0.15, -0.1) is 0 Å². The van der Waals surface area contributed by atoms with Crippen LogP contribution in [-0.4, -0.2) is 27.3 Å². The van der Waals surface area contributed by atoms with Crippen LogP contribution >= 0.6 is 0 Å². The molecule has 0 unspecified atom stereocenters. The number of nitrogens with one attached hydrogen (secondary N) is 1. The van der Waals surface area contributed by atoms with Gasteiger partial charge < -0.3 is 10.4 Å². The number of amides is 1. The van der Waals surface area contributed by atoms with Gasteiger partial charge in [-0.1, -0.05) is 0 Å². The third kappa shape index (κ3) is 3.37. The summed E-state index contributed by atoms with van der Waals surface area (Å²) in [5.74, 6) is -7.10. The van der Waals surface area contributed by atoms with E-state index in [9.17, 15) is 18.0 Å². The average Bonchev–Trinajstić information content (AvgIpc) is 2.78. The first kappa shape index (κ1) is 17.8. The molecule has 1 aromatic carbocycles. The van der Waals surface area contributed by atoms with Crippen LogP contribution in [0.1, 0.15) is 33.7 Å². The van der Waals surface area contributed by atoms with E-state index in [0.29, 0.717) is 18.9 Å². The molecule has 5 nitrogen and oxygen atoms in total.